The molecule has 5 rings (SSSR count). The number of nitrogens with zero attached hydrogens (tertiary/aromatic N) is 3. The molecule has 3 aliphatic rings. The van der Waals surface area contributed by atoms with Crippen LogP contribution in [0.2, 0.25) is 0 Å². The molecule has 132 valence electrons. The van der Waals surface area contributed by atoms with E-state index >= 15 is 0 Å². The minimum atomic E-state index is 0.780. The lowest BCUT2D eigenvalue weighted by atomic mass is 10.00. The molecule has 0 radical (unpaired) electrons. The van der Waals surface area contributed by atoms with E-state index in [1.165, 1.54) is 75.6 Å². The van der Waals surface area contributed by atoms with E-state index in [1.54, 1.807) is 11.9 Å². The maximum atomic E-state index is 4.31. The fourth-order valence-electron chi connectivity index (χ4n) is 4.38. The molecule has 2 aromatic rings. The predicted molar refractivity (Wildman–Crippen MR) is 99.3 cm³/mol. The molecule has 4 heteroatoms. The average molecular weight is 336 g/mol. The molecule has 4 nitrogen and oxygen atoms in total. The van der Waals surface area contributed by atoms with Gasteiger partial charge in [-0.2, -0.15) is 5.10 Å². The van der Waals surface area contributed by atoms with Crippen LogP contribution in [-0.2, 0) is 12.8 Å². The van der Waals surface area contributed by atoms with Gasteiger partial charge < -0.3 is 0 Å². The number of benzene rings is 1. The van der Waals surface area contributed by atoms with Gasteiger partial charge in [0.25, 0.3) is 0 Å². The first-order chi connectivity index (χ1) is 12.3. The molecule has 0 aliphatic heterocycles. The van der Waals surface area contributed by atoms with E-state index in [2.05, 4.69) is 38.3 Å². The van der Waals surface area contributed by atoms with Crippen molar-refractivity contribution in [1.82, 2.24) is 20.1 Å². The summed E-state index contributed by atoms with van der Waals surface area (Å²) in [4.78, 5) is 7.18. The molecule has 0 saturated heterocycles. The van der Waals surface area contributed by atoms with E-state index in [-0.39, 0.29) is 0 Å². The molecule has 1 N–H and O–H groups in total. The first-order valence-corrected chi connectivity index (χ1v) is 10.1. The van der Waals surface area contributed by atoms with Gasteiger partial charge >= 0.3 is 0 Å². The van der Waals surface area contributed by atoms with Gasteiger partial charge in [0, 0.05) is 24.7 Å². The van der Waals surface area contributed by atoms with Gasteiger partial charge in [-0.1, -0.05) is 12.1 Å². The zero-order valence-corrected chi connectivity index (χ0v) is 15.0. The van der Waals surface area contributed by atoms with E-state index in [1.807, 2.05) is 0 Å². The highest BCUT2D eigenvalue weighted by Crippen LogP contribution is 2.36. The number of hydrogen-bond donors (Lipinski definition) is 1. The number of H-pyrrole nitrogens is 1. The number of nitrogens with one attached hydrogen (secondary N) is 1. The van der Waals surface area contributed by atoms with Crippen LogP contribution in [0.5, 0.6) is 0 Å². The summed E-state index contributed by atoms with van der Waals surface area (Å²) in [6.45, 7) is 2.72. The Morgan fingerprint density at radius 1 is 0.920 bits per heavy atom. The van der Waals surface area contributed by atoms with Gasteiger partial charge in [0.1, 0.15) is 6.33 Å². The van der Waals surface area contributed by atoms with Crippen molar-refractivity contribution in [2.45, 2.75) is 57.4 Å². The van der Waals surface area contributed by atoms with Crippen molar-refractivity contribution in [2.75, 3.05) is 13.1 Å². The van der Waals surface area contributed by atoms with Crippen LogP contribution in [0.25, 0.3) is 11.4 Å². The number of fused-ring (bicyclic) bond motifs is 1. The molecule has 2 fully saturated rings. The highest BCUT2D eigenvalue weighted by Gasteiger charge is 2.33. The Bertz CT molecular complexity index is 702. The molecule has 1 aromatic heterocycles. The highest BCUT2D eigenvalue weighted by atomic mass is 15.2. The van der Waals surface area contributed by atoms with Crippen LogP contribution < -0.4 is 0 Å². The van der Waals surface area contributed by atoms with E-state index in [4.69, 9.17) is 0 Å². The number of aromatic amines is 1. The zero-order chi connectivity index (χ0) is 16.6. The molecular weight excluding hydrogens is 308 g/mol. The van der Waals surface area contributed by atoms with Crippen molar-refractivity contribution in [1.29, 1.82) is 0 Å². The number of hydrogen-bond acceptors (Lipinski definition) is 3. The van der Waals surface area contributed by atoms with Crippen LogP contribution >= 0.6 is 0 Å². The molecule has 0 amide bonds. The average Bonchev–Trinajstić information content (AvgIpc) is 3.55. The predicted octanol–water partition coefficient (Wildman–Crippen LogP) is 3.84. The molecule has 0 bridgehead atoms. The molecule has 1 aromatic carbocycles. The number of aryl methyl sites for hydroxylation is 2. The standard InChI is InChI=1S/C21H28N4/c1-2-15(1)12-25(13-16-3-4-16)20-9-7-17-5-6-19(11-18(17)8-10-20)21-22-14-23-24-21/h5-6,11,14-16,20H,1-4,7-10,12-13H2,(H,22,23,24)/t20-/m0/s1. The first kappa shape index (κ1) is 15.6. The van der Waals surface area contributed by atoms with E-state index in [0.717, 1.165) is 23.7 Å². The third-order valence-corrected chi connectivity index (χ3v) is 6.28. The second kappa shape index (κ2) is 6.56. The topological polar surface area (TPSA) is 44.8 Å². The van der Waals surface area contributed by atoms with Crippen molar-refractivity contribution in [3.05, 3.63) is 35.7 Å². The molecule has 1 atom stereocenters. The van der Waals surface area contributed by atoms with Gasteiger partial charge in [0.2, 0.25) is 0 Å². The van der Waals surface area contributed by atoms with Gasteiger partial charge in [-0.05, 0) is 80.4 Å². The third kappa shape index (κ3) is 3.64. The zero-order valence-electron chi connectivity index (χ0n) is 15.0. The summed E-state index contributed by atoms with van der Waals surface area (Å²) in [5.74, 6) is 2.89. The largest absolute Gasteiger partial charge is 0.300 e. The minimum absolute atomic E-state index is 0.780. The Labute approximate surface area is 150 Å². The third-order valence-electron chi connectivity index (χ3n) is 6.28. The lowest BCUT2D eigenvalue weighted by molar-refractivity contribution is 0.165. The van der Waals surface area contributed by atoms with Crippen LogP contribution in [0.3, 0.4) is 0 Å². The van der Waals surface area contributed by atoms with Crippen molar-refractivity contribution in [2.24, 2.45) is 11.8 Å². The fourth-order valence-corrected chi connectivity index (χ4v) is 4.38. The van der Waals surface area contributed by atoms with E-state index in [0.29, 0.717) is 0 Å². The summed E-state index contributed by atoms with van der Waals surface area (Å²) in [5.41, 5.74) is 4.24. The Morgan fingerprint density at radius 3 is 2.28 bits per heavy atom. The minimum Gasteiger partial charge on any atom is -0.300 e. The summed E-state index contributed by atoms with van der Waals surface area (Å²) >= 11 is 0. The fraction of sp³-hybridized carbons (Fsp3) is 0.619. The Balaban J connectivity index is 1.31. The van der Waals surface area contributed by atoms with Gasteiger partial charge in [0.05, 0.1) is 0 Å². The van der Waals surface area contributed by atoms with Crippen LogP contribution in [0.1, 0.15) is 49.7 Å². The first-order valence-electron chi connectivity index (χ1n) is 10.1. The Kier molecular flexibility index (Phi) is 4.09. The normalized spacial score (nSPS) is 23.5. The maximum Gasteiger partial charge on any atom is 0.155 e. The summed E-state index contributed by atoms with van der Waals surface area (Å²) in [7, 11) is 0. The highest BCUT2D eigenvalue weighted by molar-refractivity contribution is 5.57. The monoisotopic (exact) mass is 336 g/mol. The number of rotatable bonds is 6. The lowest BCUT2D eigenvalue weighted by Crippen LogP contribution is -2.38. The molecular formula is C21H28N4. The van der Waals surface area contributed by atoms with Gasteiger partial charge in [-0.15, -0.1) is 0 Å². The molecule has 25 heavy (non-hydrogen) atoms. The SMILES string of the molecule is c1n[nH]c(-c2ccc3c(c2)CC[C@@H](N(CC2CC2)CC2CC2)CC3)n1. The van der Waals surface area contributed by atoms with Crippen LogP contribution in [0, 0.1) is 11.8 Å². The van der Waals surface area contributed by atoms with Gasteiger partial charge in [-0.3, -0.25) is 10.00 Å². The summed E-state index contributed by atoms with van der Waals surface area (Å²) in [6, 6.07) is 7.64. The van der Waals surface area contributed by atoms with E-state index < -0.39 is 0 Å². The van der Waals surface area contributed by atoms with Crippen molar-refractivity contribution < 1.29 is 0 Å². The summed E-state index contributed by atoms with van der Waals surface area (Å²) in [6.07, 6.45) is 12.5. The second-order valence-electron chi connectivity index (χ2n) is 8.39. The van der Waals surface area contributed by atoms with E-state index in [9.17, 15) is 0 Å². The molecule has 3 aliphatic carbocycles. The van der Waals surface area contributed by atoms with Crippen molar-refractivity contribution >= 4 is 0 Å². The smallest absolute Gasteiger partial charge is 0.155 e. The van der Waals surface area contributed by atoms with Crippen LogP contribution in [0.15, 0.2) is 24.5 Å². The van der Waals surface area contributed by atoms with Gasteiger partial charge in [0.15, 0.2) is 5.82 Å². The lowest BCUT2D eigenvalue weighted by Gasteiger charge is -2.31. The Hall–Kier alpha value is -1.68. The molecule has 2 saturated carbocycles. The molecule has 1 heterocycles. The van der Waals surface area contributed by atoms with Gasteiger partial charge in [-0.25, -0.2) is 4.98 Å². The van der Waals surface area contributed by atoms with Crippen LogP contribution in [0.4, 0.5) is 0 Å². The van der Waals surface area contributed by atoms with Crippen molar-refractivity contribution in [3.8, 4) is 11.4 Å². The second-order valence-corrected chi connectivity index (χ2v) is 8.39. The molecule has 0 unspecified atom stereocenters. The quantitative estimate of drug-likeness (QED) is 0.815. The van der Waals surface area contributed by atoms with Crippen LogP contribution in [-0.4, -0.2) is 39.2 Å². The van der Waals surface area contributed by atoms with Crippen molar-refractivity contribution in [3.63, 3.8) is 0 Å². The maximum absolute atomic E-state index is 4.31. The summed E-state index contributed by atoms with van der Waals surface area (Å²) in [5, 5.41) is 6.98. The number of aromatic nitrogens is 3. The molecule has 0 spiro atoms. The summed E-state index contributed by atoms with van der Waals surface area (Å²) < 4.78 is 0. The Morgan fingerprint density at radius 2 is 1.64 bits per heavy atom.